The van der Waals surface area contributed by atoms with Crippen LogP contribution in [0.1, 0.15) is 40.2 Å². The molecule has 0 fully saturated rings. The van der Waals surface area contributed by atoms with Crippen LogP contribution in [0.4, 0.5) is 0 Å². The molecule has 1 rings (SSSR count). The molecule has 0 aromatic heterocycles. The number of carbonyl (C=O) groups is 1. The largest absolute Gasteiger partial charge is 0.490 e. The Bertz CT molecular complexity index is 541. The number of ether oxygens (including phenoxy) is 2. The van der Waals surface area contributed by atoms with Crippen LogP contribution < -0.4 is 20.5 Å². The smallest absolute Gasteiger partial charge is 0.255 e. The molecule has 0 bridgehead atoms. The van der Waals surface area contributed by atoms with Gasteiger partial charge >= 0.3 is 0 Å². The Morgan fingerprint density at radius 3 is 2.43 bits per heavy atom. The molecule has 0 aliphatic rings. The van der Waals surface area contributed by atoms with Crippen LogP contribution in [0, 0.1) is 5.41 Å². The lowest BCUT2D eigenvalue weighted by Crippen LogP contribution is -2.37. The molecule has 0 spiro atoms. The van der Waals surface area contributed by atoms with Gasteiger partial charge in [-0.05, 0) is 37.0 Å². The molecule has 130 valence electrons. The van der Waals surface area contributed by atoms with Crippen LogP contribution in [-0.4, -0.2) is 25.2 Å². The number of hydrogen-bond donors (Lipinski definition) is 2. The Balaban J connectivity index is 2.92. The Morgan fingerprint density at radius 1 is 1.30 bits per heavy atom. The van der Waals surface area contributed by atoms with Crippen LogP contribution in [-0.2, 0) is 11.3 Å². The molecule has 0 saturated carbocycles. The van der Waals surface area contributed by atoms with Crippen molar-refractivity contribution in [2.24, 2.45) is 11.1 Å². The van der Waals surface area contributed by atoms with E-state index in [-0.39, 0.29) is 12.0 Å². The van der Waals surface area contributed by atoms with Crippen LogP contribution in [0.3, 0.4) is 0 Å². The molecule has 1 amide bonds. The molecule has 0 heterocycles. The van der Waals surface area contributed by atoms with Gasteiger partial charge < -0.3 is 20.5 Å². The highest BCUT2D eigenvalue weighted by atomic mass is 79.9. The van der Waals surface area contributed by atoms with Crippen molar-refractivity contribution in [1.29, 1.82) is 0 Å². The third kappa shape index (κ3) is 6.39. The summed E-state index contributed by atoms with van der Waals surface area (Å²) in [6.45, 7) is 11.7. The van der Waals surface area contributed by atoms with Crippen LogP contribution in [0.15, 0.2) is 16.6 Å². The third-order valence-corrected chi connectivity index (χ3v) is 4.42. The van der Waals surface area contributed by atoms with Gasteiger partial charge in [0.05, 0.1) is 6.61 Å². The Morgan fingerprint density at radius 2 is 1.91 bits per heavy atom. The van der Waals surface area contributed by atoms with Gasteiger partial charge in [-0.15, -0.1) is 0 Å². The number of carbonyl (C=O) groups excluding carboxylic acids is 1. The quantitative estimate of drug-likeness (QED) is 0.718. The molecular weight excluding hydrogens is 360 g/mol. The molecule has 6 heteroatoms. The number of halogens is 1. The van der Waals surface area contributed by atoms with E-state index in [4.69, 9.17) is 15.2 Å². The summed E-state index contributed by atoms with van der Waals surface area (Å²) in [7, 11) is 0. The number of rotatable bonds is 8. The Labute approximate surface area is 147 Å². The van der Waals surface area contributed by atoms with Gasteiger partial charge in [0.25, 0.3) is 5.91 Å². The topological polar surface area (TPSA) is 73.6 Å². The second kappa shape index (κ2) is 8.55. The van der Waals surface area contributed by atoms with Crippen molar-refractivity contribution in [1.82, 2.24) is 5.32 Å². The van der Waals surface area contributed by atoms with Gasteiger partial charge in [-0.25, -0.2) is 0 Å². The average molecular weight is 387 g/mol. The highest BCUT2D eigenvalue weighted by molar-refractivity contribution is 9.10. The zero-order valence-electron chi connectivity index (χ0n) is 14.5. The van der Waals surface area contributed by atoms with Gasteiger partial charge in [0.2, 0.25) is 0 Å². The molecule has 0 aliphatic carbocycles. The monoisotopic (exact) mass is 386 g/mol. The lowest BCUT2D eigenvalue weighted by atomic mass is 9.88. The normalized spacial score (nSPS) is 12.8. The minimum absolute atomic E-state index is 0.175. The Kier molecular flexibility index (Phi) is 7.35. The third-order valence-electron chi connectivity index (χ3n) is 3.68. The number of benzene rings is 1. The van der Waals surface area contributed by atoms with Crippen molar-refractivity contribution in [3.63, 3.8) is 0 Å². The van der Waals surface area contributed by atoms with Gasteiger partial charge in [0.15, 0.2) is 18.1 Å². The number of primary amides is 1. The standard InChI is InChI=1S/C17H27BrN2O3/c1-6-22-14-7-12(9-20-11(2)17(3,4)5)13(18)8-15(14)23-10-16(19)21/h7-8,11,20H,6,9-10H2,1-5H3,(H2,19,21). The van der Waals surface area contributed by atoms with E-state index in [0.29, 0.717) is 30.7 Å². The minimum atomic E-state index is -0.520. The molecular formula is C17H27BrN2O3. The average Bonchev–Trinajstić information content (AvgIpc) is 2.44. The van der Waals surface area contributed by atoms with Gasteiger partial charge in [0, 0.05) is 17.1 Å². The molecule has 0 saturated heterocycles. The van der Waals surface area contributed by atoms with E-state index in [1.54, 1.807) is 0 Å². The number of hydrogen-bond acceptors (Lipinski definition) is 4. The second-order valence-corrected chi connectivity index (χ2v) is 7.40. The van der Waals surface area contributed by atoms with Gasteiger partial charge in [-0.1, -0.05) is 36.7 Å². The van der Waals surface area contributed by atoms with Crippen molar-refractivity contribution in [2.45, 2.75) is 47.2 Å². The van der Waals surface area contributed by atoms with E-state index < -0.39 is 5.91 Å². The molecule has 5 nitrogen and oxygen atoms in total. The fourth-order valence-corrected chi connectivity index (χ4v) is 2.27. The summed E-state index contributed by atoms with van der Waals surface area (Å²) in [5, 5.41) is 3.52. The van der Waals surface area contributed by atoms with Crippen molar-refractivity contribution >= 4 is 21.8 Å². The molecule has 3 N–H and O–H groups in total. The molecule has 1 aromatic rings. The first-order valence-corrected chi connectivity index (χ1v) is 8.54. The van der Waals surface area contributed by atoms with Crippen LogP contribution in [0.25, 0.3) is 0 Å². The summed E-state index contributed by atoms with van der Waals surface area (Å²) in [6, 6.07) is 4.09. The predicted molar refractivity (Wildman–Crippen MR) is 95.8 cm³/mol. The van der Waals surface area contributed by atoms with Crippen LogP contribution in [0.5, 0.6) is 11.5 Å². The molecule has 0 radical (unpaired) electrons. The Hall–Kier alpha value is -1.27. The second-order valence-electron chi connectivity index (χ2n) is 6.55. The summed E-state index contributed by atoms with van der Waals surface area (Å²) in [5.74, 6) is 0.593. The fraction of sp³-hybridized carbons (Fsp3) is 0.588. The molecule has 0 aliphatic heterocycles. The zero-order chi connectivity index (χ0) is 17.6. The minimum Gasteiger partial charge on any atom is -0.490 e. The van der Waals surface area contributed by atoms with E-state index in [1.807, 2.05) is 19.1 Å². The molecule has 1 atom stereocenters. The van der Waals surface area contributed by atoms with E-state index in [0.717, 1.165) is 10.0 Å². The van der Waals surface area contributed by atoms with Gasteiger partial charge in [-0.3, -0.25) is 4.79 Å². The SMILES string of the molecule is CCOc1cc(CNC(C)C(C)(C)C)c(Br)cc1OCC(N)=O. The van der Waals surface area contributed by atoms with Crippen LogP contribution >= 0.6 is 15.9 Å². The molecule has 1 aromatic carbocycles. The summed E-state index contributed by atoms with van der Waals surface area (Å²) in [4.78, 5) is 10.9. The van der Waals surface area contributed by atoms with Crippen LogP contribution in [0.2, 0.25) is 0 Å². The highest BCUT2D eigenvalue weighted by Gasteiger charge is 2.20. The van der Waals surface area contributed by atoms with E-state index in [1.165, 1.54) is 0 Å². The first-order chi connectivity index (χ1) is 10.6. The number of nitrogens with two attached hydrogens (primary N) is 1. The lowest BCUT2D eigenvalue weighted by molar-refractivity contribution is -0.119. The predicted octanol–water partition coefficient (Wildman–Crippen LogP) is 3.24. The molecule has 23 heavy (non-hydrogen) atoms. The van der Waals surface area contributed by atoms with Crippen molar-refractivity contribution < 1.29 is 14.3 Å². The number of amides is 1. The summed E-state index contributed by atoms with van der Waals surface area (Å²) in [6.07, 6.45) is 0. The first-order valence-electron chi connectivity index (χ1n) is 7.74. The maximum atomic E-state index is 10.9. The number of nitrogens with one attached hydrogen (secondary N) is 1. The summed E-state index contributed by atoms with van der Waals surface area (Å²) >= 11 is 3.55. The zero-order valence-corrected chi connectivity index (χ0v) is 16.1. The highest BCUT2D eigenvalue weighted by Crippen LogP contribution is 2.34. The maximum absolute atomic E-state index is 10.9. The molecule has 1 unspecified atom stereocenters. The maximum Gasteiger partial charge on any atom is 0.255 e. The van der Waals surface area contributed by atoms with Crippen molar-refractivity contribution in [3.05, 3.63) is 22.2 Å². The van der Waals surface area contributed by atoms with Crippen molar-refractivity contribution in [2.75, 3.05) is 13.2 Å². The van der Waals surface area contributed by atoms with E-state index >= 15 is 0 Å². The van der Waals surface area contributed by atoms with Gasteiger partial charge in [-0.2, -0.15) is 0 Å². The van der Waals surface area contributed by atoms with Gasteiger partial charge in [0.1, 0.15) is 0 Å². The van der Waals surface area contributed by atoms with E-state index in [2.05, 4.69) is 48.9 Å². The lowest BCUT2D eigenvalue weighted by Gasteiger charge is -2.28. The first kappa shape index (κ1) is 19.8. The van der Waals surface area contributed by atoms with E-state index in [9.17, 15) is 4.79 Å². The fourth-order valence-electron chi connectivity index (χ4n) is 1.81. The summed E-state index contributed by atoms with van der Waals surface area (Å²) in [5.41, 5.74) is 6.37. The van der Waals surface area contributed by atoms with Crippen molar-refractivity contribution in [3.8, 4) is 11.5 Å². The summed E-state index contributed by atoms with van der Waals surface area (Å²) < 4.78 is 11.9.